The van der Waals surface area contributed by atoms with Gasteiger partial charge in [-0.25, -0.2) is 4.68 Å². The van der Waals surface area contributed by atoms with Crippen molar-refractivity contribution in [3.63, 3.8) is 0 Å². The highest BCUT2D eigenvalue weighted by molar-refractivity contribution is 7.98. The van der Waals surface area contributed by atoms with E-state index in [1.54, 1.807) is 16.7 Å². The lowest BCUT2D eigenvalue weighted by Gasteiger charge is -2.17. The fourth-order valence-corrected chi connectivity index (χ4v) is 5.11. The third-order valence-electron chi connectivity index (χ3n) is 5.70. The molecule has 1 atom stereocenters. The molecule has 1 fully saturated rings. The Labute approximate surface area is 179 Å². The van der Waals surface area contributed by atoms with Crippen LogP contribution in [-0.2, 0) is 21.1 Å². The fourth-order valence-electron chi connectivity index (χ4n) is 4.08. The lowest BCUT2D eigenvalue weighted by Crippen LogP contribution is -2.28. The van der Waals surface area contributed by atoms with Crippen molar-refractivity contribution >= 4 is 35.1 Å². The third kappa shape index (κ3) is 3.29. The summed E-state index contributed by atoms with van der Waals surface area (Å²) in [5.41, 5.74) is 4.99. The number of hydrogen-bond donors (Lipinski definition) is 1. The molecule has 30 heavy (non-hydrogen) atoms. The summed E-state index contributed by atoms with van der Waals surface area (Å²) in [7, 11) is 0. The minimum atomic E-state index is -0.386. The second kappa shape index (κ2) is 7.65. The highest BCUT2D eigenvalue weighted by Gasteiger charge is 2.36. The van der Waals surface area contributed by atoms with Crippen LogP contribution >= 0.6 is 11.8 Å². The van der Waals surface area contributed by atoms with Gasteiger partial charge >= 0.3 is 0 Å². The predicted octanol–water partition coefficient (Wildman–Crippen LogP) is 3.92. The summed E-state index contributed by atoms with van der Waals surface area (Å²) in [5, 5.41) is 7.90. The molecule has 1 aromatic heterocycles. The van der Waals surface area contributed by atoms with E-state index < -0.39 is 0 Å². The molecule has 0 aliphatic carbocycles. The Kier molecular flexibility index (Phi) is 4.83. The van der Waals surface area contributed by atoms with E-state index in [-0.39, 0.29) is 24.2 Å². The second-order valence-electron chi connectivity index (χ2n) is 7.70. The molecule has 3 heterocycles. The number of amides is 2. The number of nitrogens with zero attached hydrogens (tertiary/aromatic N) is 3. The zero-order chi connectivity index (χ0) is 20.7. The summed E-state index contributed by atoms with van der Waals surface area (Å²) in [5.74, 6) is 1.88. The summed E-state index contributed by atoms with van der Waals surface area (Å²) in [6.07, 6.45) is 0.218. The molecule has 5 rings (SSSR count). The maximum absolute atomic E-state index is 13.2. The first kappa shape index (κ1) is 18.9. The first-order valence-corrected chi connectivity index (χ1v) is 11.2. The third-order valence-corrected chi connectivity index (χ3v) is 6.67. The van der Waals surface area contributed by atoms with Crippen LogP contribution in [0.2, 0.25) is 0 Å². The van der Waals surface area contributed by atoms with Gasteiger partial charge in [-0.3, -0.25) is 9.59 Å². The summed E-state index contributed by atoms with van der Waals surface area (Å²) in [6.45, 7) is 2.43. The van der Waals surface area contributed by atoms with Gasteiger partial charge in [0.1, 0.15) is 5.82 Å². The van der Waals surface area contributed by atoms with Crippen molar-refractivity contribution in [1.29, 1.82) is 0 Å². The molecule has 7 heteroatoms. The second-order valence-corrected chi connectivity index (χ2v) is 8.68. The van der Waals surface area contributed by atoms with Gasteiger partial charge in [-0.15, -0.1) is 0 Å². The van der Waals surface area contributed by atoms with Gasteiger partial charge in [0.25, 0.3) is 0 Å². The van der Waals surface area contributed by atoms with Crippen LogP contribution in [0.4, 0.5) is 11.5 Å². The van der Waals surface area contributed by atoms with E-state index in [0.29, 0.717) is 6.54 Å². The molecule has 2 aliphatic heterocycles. The molecule has 0 bridgehead atoms. The van der Waals surface area contributed by atoms with E-state index in [0.717, 1.165) is 45.5 Å². The number of carbonyl (C=O) groups excluding carboxylic acids is 2. The van der Waals surface area contributed by atoms with Crippen molar-refractivity contribution in [2.24, 2.45) is 5.92 Å². The largest absolute Gasteiger partial charge is 0.312 e. The molecular formula is C23H22N4O2S. The summed E-state index contributed by atoms with van der Waals surface area (Å²) in [6, 6.07) is 17.5. The molecule has 1 saturated heterocycles. The standard InChI is InChI=1S/C23H22N4O2S/c1-15-7-5-6-10-20(15)27-22(18-13-30-14-19(18)25-27)24-23(29)16-11-21(28)26(12-16)17-8-3-2-4-9-17/h2-10,16H,11-14H2,1H3,(H,24,29)/t16-/m0/s1. The summed E-state index contributed by atoms with van der Waals surface area (Å²) >= 11 is 1.80. The van der Waals surface area contributed by atoms with Crippen LogP contribution in [0.1, 0.15) is 23.2 Å². The Morgan fingerprint density at radius 1 is 1.10 bits per heavy atom. The SMILES string of the molecule is Cc1ccccc1-n1nc2c(c1NC(=O)[C@H]1CC(=O)N(c3ccccc3)C1)CSC2. The van der Waals surface area contributed by atoms with Crippen LogP contribution in [0.15, 0.2) is 54.6 Å². The molecule has 6 nitrogen and oxygen atoms in total. The maximum Gasteiger partial charge on any atom is 0.230 e. The minimum absolute atomic E-state index is 0.0189. The molecular weight excluding hydrogens is 396 g/mol. The molecule has 0 saturated carbocycles. The number of aromatic nitrogens is 2. The van der Waals surface area contributed by atoms with E-state index in [9.17, 15) is 9.59 Å². The maximum atomic E-state index is 13.2. The van der Waals surface area contributed by atoms with Gasteiger partial charge in [-0.2, -0.15) is 16.9 Å². The molecule has 1 N–H and O–H groups in total. The number of anilines is 2. The zero-order valence-corrected chi connectivity index (χ0v) is 17.5. The fraction of sp³-hybridized carbons (Fsp3) is 0.261. The normalized spacial score (nSPS) is 18.0. The number of fused-ring (bicyclic) bond motifs is 1. The van der Waals surface area contributed by atoms with Crippen molar-refractivity contribution < 1.29 is 9.59 Å². The lowest BCUT2D eigenvalue weighted by atomic mass is 10.1. The number of nitrogens with one attached hydrogen (secondary N) is 1. The molecule has 2 aromatic carbocycles. The zero-order valence-electron chi connectivity index (χ0n) is 16.7. The smallest absolute Gasteiger partial charge is 0.230 e. The minimum Gasteiger partial charge on any atom is -0.312 e. The first-order chi connectivity index (χ1) is 14.6. The average molecular weight is 419 g/mol. The van der Waals surface area contributed by atoms with Gasteiger partial charge in [0, 0.05) is 35.7 Å². The van der Waals surface area contributed by atoms with Gasteiger partial charge < -0.3 is 10.2 Å². The van der Waals surface area contributed by atoms with E-state index in [4.69, 9.17) is 5.10 Å². The summed E-state index contributed by atoms with van der Waals surface area (Å²) in [4.78, 5) is 27.4. The van der Waals surface area contributed by atoms with E-state index in [2.05, 4.69) is 5.32 Å². The Morgan fingerprint density at radius 2 is 1.87 bits per heavy atom. The van der Waals surface area contributed by atoms with Crippen LogP contribution in [0, 0.1) is 12.8 Å². The van der Waals surface area contributed by atoms with Gasteiger partial charge in [-0.05, 0) is 30.7 Å². The highest BCUT2D eigenvalue weighted by Crippen LogP contribution is 2.37. The van der Waals surface area contributed by atoms with Gasteiger partial charge in [0.2, 0.25) is 11.8 Å². The quantitative estimate of drug-likeness (QED) is 0.697. The number of aryl methyl sites for hydroxylation is 1. The topological polar surface area (TPSA) is 67.2 Å². The average Bonchev–Trinajstić information content (AvgIpc) is 3.45. The van der Waals surface area contributed by atoms with Crippen molar-refractivity contribution in [2.45, 2.75) is 24.9 Å². The molecule has 0 radical (unpaired) electrons. The highest BCUT2D eigenvalue weighted by atomic mass is 32.2. The number of para-hydroxylation sites is 2. The Hall–Kier alpha value is -3.06. The number of benzene rings is 2. The Morgan fingerprint density at radius 3 is 2.67 bits per heavy atom. The molecule has 0 spiro atoms. The number of carbonyl (C=O) groups is 2. The van der Waals surface area contributed by atoms with Crippen molar-refractivity contribution in [1.82, 2.24) is 9.78 Å². The van der Waals surface area contributed by atoms with Crippen LogP contribution in [0.5, 0.6) is 0 Å². The van der Waals surface area contributed by atoms with Crippen LogP contribution in [-0.4, -0.2) is 28.1 Å². The lowest BCUT2D eigenvalue weighted by molar-refractivity contribution is -0.122. The number of rotatable bonds is 4. The van der Waals surface area contributed by atoms with E-state index in [1.165, 1.54) is 0 Å². The van der Waals surface area contributed by atoms with Crippen LogP contribution in [0.3, 0.4) is 0 Å². The van der Waals surface area contributed by atoms with Crippen molar-refractivity contribution in [3.05, 3.63) is 71.4 Å². The van der Waals surface area contributed by atoms with Crippen molar-refractivity contribution in [2.75, 3.05) is 16.8 Å². The van der Waals surface area contributed by atoms with E-state index in [1.807, 2.05) is 66.2 Å². The number of thioether (sulfide) groups is 1. The Bertz CT molecular complexity index is 1130. The van der Waals surface area contributed by atoms with Gasteiger partial charge in [0.05, 0.1) is 17.3 Å². The van der Waals surface area contributed by atoms with E-state index >= 15 is 0 Å². The Balaban J connectivity index is 1.42. The summed E-state index contributed by atoms with van der Waals surface area (Å²) < 4.78 is 1.85. The van der Waals surface area contributed by atoms with Crippen molar-refractivity contribution in [3.8, 4) is 5.69 Å². The monoisotopic (exact) mass is 418 g/mol. The molecule has 0 unspecified atom stereocenters. The van der Waals surface area contributed by atoms with Crippen LogP contribution in [0.25, 0.3) is 5.69 Å². The number of hydrogen-bond acceptors (Lipinski definition) is 4. The predicted molar refractivity (Wildman–Crippen MR) is 119 cm³/mol. The van der Waals surface area contributed by atoms with Crippen LogP contribution < -0.4 is 10.2 Å². The van der Waals surface area contributed by atoms with Gasteiger partial charge in [-0.1, -0.05) is 36.4 Å². The molecule has 152 valence electrons. The van der Waals surface area contributed by atoms with Gasteiger partial charge in [0.15, 0.2) is 0 Å². The molecule has 2 amide bonds. The molecule has 2 aliphatic rings. The first-order valence-electron chi connectivity index (χ1n) is 10.0. The molecule has 3 aromatic rings.